The normalized spacial score (nSPS) is 14.2. The molecule has 0 saturated carbocycles. The van der Waals surface area contributed by atoms with Crippen LogP contribution in [0.2, 0.25) is 0 Å². The summed E-state index contributed by atoms with van der Waals surface area (Å²) in [5.41, 5.74) is 6.89. The summed E-state index contributed by atoms with van der Waals surface area (Å²) in [4.78, 5) is 12.9. The molecule has 7 heteroatoms. The second-order valence-electron chi connectivity index (χ2n) is 12.3. The van der Waals surface area contributed by atoms with Gasteiger partial charge in [0, 0.05) is 61.4 Å². The van der Waals surface area contributed by atoms with Gasteiger partial charge in [-0.25, -0.2) is 9.13 Å². The lowest BCUT2D eigenvalue weighted by molar-refractivity contribution is -0.671. The summed E-state index contributed by atoms with van der Waals surface area (Å²) in [5, 5.41) is 0. The van der Waals surface area contributed by atoms with Crippen LogP contribution >= 0.6 is 0 Å². The molecule has 4 atom stereocenters. The second-order valence-corrected chi connectivity index (χ2v) is 12.3. The Morgan fingerprint density at radius 2 is 0.689 bits per heavy atom. The predicted molar refractivity (Wildman–Crippen MR) is 171 cm³/mol. The third-order valence-corrected chi connectivity index (χ3v) is 9.09. The number of pyridine rings is 5. The first-order chi connectivity index (χ1) is 21.0. The molecule has 5 heterocycles. The SMILES string of the molecule is CC(CC(CC(CC(CC(C)c1ccncc1)c1cc[n+](C)cc1)c1ccncc1)c1cc[n+](C)cc1)c1ccncc1.[Cl-].[Cl-]. The van der Waals surface area contributed by atoms with Gasteiger partial charge >= 0.3 is 0 Å². The highest BCUT2D eigenvalue weighted by atomic mass is 35.5. The molecule has 0 saturated heterocycles. The number of halogens is 2. The molecule has 0 N–H and O–H groups in total. The first-order valence-corrected chi connectivity index (χ1v) is 15.6. The van der Waals surface area contributed by atoms with E-state index in [9.17, 15) is 0 Å². The van der Waals surface area contributed by atoms with Crippen LogP contribution in [0, 0.1) is 0 Å². The zero-order valence-corrected chi connectivity index (χ0v) is 28.3. The molecule has 0 aromatic carbocycles. The van der Waals surface area contributed by atoms with Crippen molar-refractivity contribution in [3.63, 3.8) is 0 Å². The van der Waals surface area contributed by atoms with Gasteiger partial charge in [-0.1, -0.05) is 13.8 Å². The summed E-state index contributed by atoms with van der Waals surface area (Å²) < 4.78 is 4.25. The Labute approximate surface area is 281 Å². The Morgan fingerprint density at radius 1 is 0.422 bits per heavy atom. The topological polar surface area (TPSA) is 46.4 Å². The molecule has 0 bridgehead atoms. The van der Waals surface area contributed by atoms with Gasteiger partial charge < -0.3 is 24.8 Å². The standard InChI is InChI=1S/C38H45N5.2ClH/c1-29(31-5-15-39-16-6-31)25-36(34-11-21-42(3)22-12-34)27-38(33-9-19-41-20-10-33)28-37(35-13-23-43(4)24-14-35)26-30(2)32-7-17-40-18-8-32;;/h5-24,29-30,36-38H,25-28H2,1-4H3;2*1H/q+2;;/p-2. The summed E-state index contributed by atoms with van der Waals surface area (Å²) in [6.07, 6.45) is 24.6. The largest absolute Gasteiger partial charge is 1.00 e. The van der Waals surface area contributed by atoms with E-state index in [4.69, 9.17) is 0 Å². The summed E-state index contributed by atoms with van der Waals surface area (Å²) >= 11 is 0. The molecule has 0 aliphatic rings. The van der Waals surface area contributed by atoms with Crippen LogP contribution in [0.3, 0.4) is 0 Å². The highest BCUT2D eigenvalue weighted by Gasteiger charge is 2.27. The molecule has 0 aliphatic heterocycles. The van der Waals surface area contributed by atoms with Gasteiger partial charge in [0.05, 0.1) is 0 Å². The van der Waals surface area contributed by atoms with Gasteiger partial charge in [-0.05, 0) is 119 Å². The number of aryl methyl sites for hydroxylation is 2. The molecular formula is C38H45Cl2N5. The maximum absolute atomic E-state index is 4.38. The Kier molecular flexibility index (Phi) is 14.1. The maximum atomic E-state index is 4.38. The molecule has 5 rings (SSSR count). The number of hydrogen-bond donors (Lipinski definition) is 0. The zero-order valence-electron chi connectivity index (χ0n) is 26.8. The lowest BCUT2D eigenvalue weighted by Gasteiger charge is -2.30. The molecule has 0 radical (unpaired) electrons. The van der Waals surface area contributed by atoms with Crippen LogP contribution in [-0.2, 0) is 14.1 Å². The van der Waals surface area contributed by atoms with E-state index < -0.39 is 0 Å². The summed E-state index contributed by atoms with van der Waals surface area (Å²) in [5.74, 6) is 2.06. The molecule has 236 valence electrons. The fraction of sp³-hybridized carbons (Fsp3) is 0.342. The van der Waals surface area contributed by atoms with Gasteiger partial charge in [0.25, 0.3) is 0 Å². The van der Waals surface area contributed by atoms with Gasteiger partial charge in [-0.2, -0.15) is 0 Å². The van der Waals surface area contributed by atoms with Gasteiger partial charge in [-0.15, -0.1) is 0 Å². The van der Waals surface area contributed by atoms with E-state index in [0.29, 0.717) is 29.6 Å². The smallest absolute Gasteiger partial charge is 0.168 e. The molecule has 0 amide bonds. The quantitative estimate of drug-likeness (QED) is 0.182. The lowest BCUT2D eigenvalue weighted by atomic mass is 9.74. The van der Waals surface area contributed by atoms with Crippen LogP contribution in [-0.4, -0.2) is 15.0 Å². The van der Waals surface area contributed by atoms with E-state index >= 15 is 0 Å². The van der Waals surface area contributed by atoms with E-state index in [0.717, 1.165) is 25.7 Å². The van der Waals surface area contributed by atoms with Gasteiger partial charge in [-0.3, -0.25) is 15.0 Å². The van der Waals surface area contributed by atoms with E-state index in [1.807, 2.05) is 37.2 Å². The molecule has 5 nitrogen and oxygen atoms in total. The Hall–Kier alpha value is -3.67. The molecule has 4 unspecified atom stereocenters. The van der Waals surface area contributed by atoms with Crippen molar-refractivity contribution in [3.8, 4) is 0 Å². The Balaban J connectivity index is 0.00000276. The van der Waals surface area contributed by atoms with E-state index in [-0.39, 0.29) is 24.8 Å². The zero-order chi connectivity index (χ0) is 30.0. The molecule has 0 aliphatic carbocycles. The average Bonchev–Trinajstić information content (AvgIpc) is 3.05. The minimum absolute atomic E-state index is 0. The highest BCUT2D eigenvalue weighted by Crippen LogP contribution is 2.43. The number of aromatic nitrogens is 5. The van der Waals surface area contributed by atoms with Gasteiger partial charge in [0.2, 0.25) is 0 Å². The monoisotopic (exact) mass is 641 g/mol. The van der Waals surface area contributed by atoms with Crippen LogP contribution in [0.4, 0.5) is 0 Å². The Bertz CT molecular complexity index is 1420. The minimum atomic E-state index is 0. The molecule has 5 aromatic heterocycles. The van der Waals surface area contributed by atoms with Crippen molar-refractivity contribution in [1.29, 1.82) is 0 Å². The third kappa shape index (κ3) is 10.2. The lowest BCUT2D eigenvalue weighted by Crippen LogP contribution is -3.00. The third-order valence-electron chi connectivity index (χ3n) is 9.09. The van der Waals surface area contributed by atoms with Crippen LogP contribution in [0.1, 0.15) is 96.9 Å². The predicted octanol–water partition coefficient (Wildman–Crippen LogP) is 1.35. The van der Waals surface area contributed by atoms with E-state index in [1.165, 1.54) is 27.8 Å². The Morgan fingerprint density at radius 3 is 1.02 bits per heavy atom. The summed E-state index contributed by atoms with van der Waals surface area (Å²) in [6.45, 7) is 4.71. The van der Waals surface area contributed by atoms with Crippen LogP contribution in [0.15, 0.2) is 123 Å². The molecule has 0 fully saturated rings. The summed E-state index contributed by atoms with van der Waals surface area (Å²) in [6, 6.07) is 22.4. The van der Waals surface area contributed by atoms with Crippen molar-refractivity contribution in [2.75, 3.05) is 0 Å². The summed E-state index contributed by atoms with van der Waals surface area (Å²) in [7, 11) is 4.18. The van der Waals surface area contributed by atoms with Crippen molar-refractivity contribution < 1.29 is 33.9 Å². The first kappa shape index (κ1) is 35.8. The van der Waals surface area contributed by atoms with Crippen molar-refractivity contribution in [3.05, 3.63) is 150 Å². The van der Waals surface area contributed by atoms with E-state index in [1.54, 1.807) is 0 Å². The molecule has 45 heavy (non-hydrogen) atoms. The fourth-order valence-electron chi connectivity index (χ4n) is 6.51. The molecule has 0 spiro atoms. The van der Waals surface area contributed by atoms with Crippen molar-refractivity contribution in [2.24, 2.45) is 14.1 Å². The fourth-order valence-corrected chi connectivity index (χ4v) is 6.51. The van der Waals surface area contributed by atoms with Crippen molar-refractivity contribution in [1.82, 2.24) is 15.0 Å². The first-order valence-electron chi connectivity index (χ1n) is 15.6. The van der Waals surface area contributed by atoms with E-state index in [2.05, 4.69) is 137 Å². The van der Waals surface area contributed by atoms with Crippen LogP contribution < -0.4 is 33.9 Å². The molecular weight excluding hydrogens is 597 g/mol. The minimum Gasteiger partial charge on any atom is -1.00 e. The number of rotatable bonds is 13. The second kappa shape index (κ2) is 17.7. The number of nitrogens with zero attached hydrogens (tertiary/aromatic N) is 5. The number of hydrogen-bond acceptors (Lipinski definition) is 3. The van der Waals surface area contributed by atoms with Crippen LogP contribution in [0.25, 0.3) is 0 Å². The van der Waals surface area contributed by atoms with Crippen molar-refractivity contribution in [2.45, 2.75) is 69.1 Å². The molecule has 5 aromatic rings. The van der Waals surface area contributed by atoms with Crippen LogP contribution in [0.5, 0.6) is 0 Å². The highest BCUT2D eigenvalue weighted by molar-refractivity contribution is 5.25. The van der Waals surface area contributed by atoms with Gasteiger partial charge in [0.1, 0.15) is 14.1 Å². The maximum Gasteiger partial charge on any atom is 0.168 e. The average molecular weight is 643 g/mol. The van der Waals surface area contributed by atoms with Crippen molar-refractivity contribution >= 4 is 0 Å². The van der Waals surface area contributed by atoms with Gasteiger partial charge in [0.15, 0.2) is 24.8 Å².